The first-order chi connectivity index (χ1) is 9.23. The summed E-state index contributed by atoms with van der Waals surface area (Å²) in [7, 11) is 0. The molecule has 0 aromatic rings. The molecular formula is C12H17NO6S. The number of ketones is 1. The fourth-order valence-electron chi connectivity index (χ4n) is 2.48. The average molecular weight is 303 g/mol. The van der Waals surface area contributed by atoms with E-state index in [0.717, 1.165) is 0 Å². The van der Waals surface area contributed by atoms with Crippen molar-refractivity contribution in [2.45, 2.75) is 37.5 Å². The molecular weight excluding hydrogens is 286 g/mol. The quantitative estimate of drug-likeness (QED) is 0.510. The molecule has 20 heavy (non-hydrogen) atoms. The number of carbonyl (C=O) groups excluding carboxylic acids is 2. The lowest BCUT2D eigenvalue weighted by Crippen LogP contribution is -2.43. The van der Waals surface area contributed by atoms with Gasteiger partial charge in [-0.15, -0.1) is 0 Å². The number of thiol groups is 1. The summed E-state index contributed by atoms with van der Waals surface area (Å²) in [4.78, 5) is 44.8. The van der Waals surface area contributed by atoms with Gasteiger partial charge in [0.15, 0.2) is 0 Å². The van der Waals surface area contributed by atoms with Crippen LogP contribution in [0.25, 0.3) is 0 Å². The highest BCUT2D eigenvalue weighted by atomic mass is 32.1. The largest absolute Gasteiger partial charge is 0.481 e. The third-order valence-electron chi connectivity index (χ3n) is 3.39. The number of hydrogen-bond acceptors (Lipinski definition) is 5. The van der Waals surface area contributed by atoms with Crippen molar-refractivity contribution < 1.29 is 29.4 Å². The van der Waals surface area contributed by atoms with E-state index in [4.69, 9.17) is 10.2 Å². The zero-order valence-corrected chi connectivity index (χ0v) is 11.8. The van der Waals surface area contributed by atoms with E-state index in [2.05, 4.69) is 17.9 Å². The summed E-state index contributed by atoms with van der Waals surface area (Å²) in [6.07, 6.45) is 0.308. The van der Waals surface area contributed by atoms with Gasteiger partial charge in [-0.1, -0.05) is 0 Å². The molecule has 0 aromatic carbocycles. The predicted octanol–water partition coefficient (Wildman–Crippen LogP) is -0.0559. The Hall–Kier alpha value is -1.57. The van der Waals surface area contributed by atoms with Crippen LogP contribution in [0.15, 0.2) is 0 Å². The highest BCUT2D eigenvalue weighted by molar-refractivity contribution is 7.81. The van der Waals surface area contributed by atoms with Crippen molar-refractivity contribution in [2.75, 3.05) is 0 Å². The Balaban J connectivity index is 2.79. The number of nitrogens with one attached hydrogen (secondary N) is 1. The summed E-state index contributed by atoms with van der Waals surface area (Å²) in [5.74, 6) is -4.69. The van der Waals surface area contributed by atoms with Crippen LogP contribution < -0.4 is 5.32 Å². The maximum atomic E-state index is 11.8. The van der Waals surface area contributed by atoms with Crippen molar-refractivity contribution in [1.29, 1.82) is 0 Å². The van der Waals surface area contributed by atoms with E-state index < -0.39 is 41.0 Å². The van der Waals surface area contributed by atoms with Gasteiger partial charge in [0.25, 0.3) is 0 Å². The molecule has 1 aliphatic carbocycles. The monoisotopic (exact) mass is 303 g/mol. The van der Waals surface area contributed by atoms with Gasteiger partial charge in [-0.3, -0.25) is 14.4 Å². The first kappa shape index (κ1) is 16.5. The van der Waals surface area contributed by atoms with E-state index in [9.17, 15) is 19.2 Å². The van der Waals surface area contributed by atoms with Gasteiger partial charge >= 0.3 is 11.9 Å². The summed E-state index contributed by atoms with van der Waals surface area (Å²) in [6, 6.07) is -1.18. The van der Waals surface area contributed by atoms with Gasteiger partial charge in [0, 0.05) is 24.5 Å². The molecule has 0 spiro atoms. The summed E-state index contributed by atoms with van der Waals surface area (Å²) in [5.41, 5.74) is 0. The van der Waals surface area contributed by atoms with Gasteiger partial charge in [0.05, 0.1) is 5.92 Å². The second-order valence-electron chi connectivity index (χ2n) is 4.87. The predicted molar refractivity (Wildman–Crippen MR) is 71.5 cm³/mol. The van der Waals surface area contributed by atoms with Gasteiger partial charge in [-0.2, -0.15) is 12.6 Å². The maximum Gasteiger partial charge on any atom is 0.326 e. The maximum absolute atomic E-state index is 11.8. The fraction of sp³-hybridized carbons (Fsp3) is 0.667. The molecule has 1 aliphatic rings. The highest BCUT2D eigenvalue weighted by Gasteiger charge is 2.43. The van der Waals surface area contributed by atoms with Crippen molar-refractivity contribution in [3.8, 4) is 0 Å². The van der Waals surface area contributed by atoms with Crippen molar-refractivity contribution >= 4 is 36.3 Å². The van der Waals surface area contributed by atoms with Crippen molar-refractivity contribution in [3.63, 3.8) is 0 Å². The van der Waals surface area contributed by atoms with E-state index >= 15 is 0 Å². The lowest BCUT2D eigenvalue weighted by molar-refractivity contribution is -0.144. The van der Waals surface area contributed by atoms with Crippen LogP contribution in [0.1, 0.15) is 26.2 Å². The van der Waals surface area contributed by atoms with Crippen LogP contribution in [0, 0.1) is 11.8 Å². The summed E-state index contributed by atoms with van der Waals surface area (Å²) in [6.45, 7) is 1.18. The molecule has 3 N–H and O–H groups in total. The molecule has 112 valence electrons. The van der Waals surface area contributed by atoms with E-state index in [-0.39, 0.29) is 25.0 Å². The third kappa shape index (κ3) is 3.96. The Morgan fingerprint density at radius 1 is 1.40 bits per heavy atom. The molecule has 1 unspecified atom stereocenters. The minimum absolute atomic E-state index is 0.0990. The molecule has 1 saturated carbocycles. The molecule has 1 rings (SSSR count). The Kier molecular flexibility index (Phi) is 5.55. The Morgan fingerprint density at radius 2 is 2.00 bits per heavy atom. The molecule has 0 radical (unpaired) electrons. The molecule has 0 aliphatic heterocycles. The van der Waals surface area contributed by atoms with Gasteiger partial charge < -0.3 is 15.5 Å². The molecule has 1 fully saturated rings. The second kappa shape index (κ2) is 6.74. The smallest absolute Gasteiger partial charge is 0.326 e. The summed E-state index contributed by atoms with van der Waals surface area (Å²) >= 11 is 4.20. The van der Waals surface area contributed by atoms with Crippen LogP contribution in [-0.2, 0) is 19.2 Å². The average Bonchev–Trinajstić information content (AvgIpc) is 2.69. The minimum atomic E-state index is -1.24. The van der Waals surface area contributed by atoms with Crippen molar-refractivity contribution in [2.24, 2.45) is 11.8 Å². The van der Waals surface area contributed by atoms with Crippen LogP contribution in [0.5, 0.6) is 0 Å². The Morgan fingerprint density at radius 3 is 2.45 bits per heavy atom. The zero-order valence-electron chi connectivity index (χ0n) is 10.9. The number of carboxylic acids is 2. The lowest BCUT2D eigenvalue weighted by Gasteiger charge is -2.24. The number of carbonyl (C=O) groups is 4. The molecule has 0 saturated heterocycles. The SMILES string of the molecule is CC(=O)N[C@H](CC(S)[C@@H]1C(=O)CC[C@H]1C(=O)O)C(=O)O. The normalized spacial score (nSPS) is 25.0. The third-order valence-corrected chi connectivity index (χ3v) is 3.92. The lowest BCUT2D eigenvalue weighted by atomic mass is 9.89. The summed E-state index contributed by atoms with van der Waals surface area (Å²) in [5, 5.41) is 19.6. The Bertz CT molecular complexity index is 438. The van der Waals surface area contributed by atoms with E-state index in [1.165, 1.54) is 6.92 Å². The van der Waals surface area contributed by atoms with E-state index in [1.807, 2.05) is 0 Å². The fourth-order valence-corrected chi connectivity index (χ4v) is 3.07. The van der Waals surface area contributed by atoms with Gasteiger partial charge in [-0.25, -0.2) is 4.79 Å². The topological polar surface area (TPSA) is 121 Å². The molecule has 1 amide bonds. The first-order valence-electron chi connectivity index (χ1n) is 6.17. The molecule has 4 atom stereocenters. The standard InChI is InChI=1S/C12H17NO6S/c1-5(14)13-7(12(18)19)4-9(20)10-6(11(16)17)2-3-8(10)15/h6-7,9-10,20H,2-4H2,1H3,(H,13,14)(H,16,17)(H,18,19)/t6-,7-,9?,10+/m1/s1. The van der Waals surface area contributed by atoms with Crippen LogP contribution in [0.2, 0.25) is 0 Å². The van der Waals surface area contributed by atoms with Crippen LogP contribution >= 0.6 is 12.6 Å². The number of rotatable bonds is 6. The molecule has 0 bridgehead atoms. The van der Waals surface area contributed by atoms with E-state index in [0.29, 0.717) is 0 Å². The van der Waals surface area contributed by atoms with Crippen molar-refractivity contribution in [3.05, 3.63) is 0 Å². The molecule has 0 heterocycles. The van der Waals surface area contributed by atoms with Gasteiger partial charge in [0.1, 0.15) is 11.8 Å². The minimum Gasteiger partial charge on any atom is -0.481 e. The molecule has 0 aromatic heterocycles. The van der Waals surface area contributed by atoms with E-state index in [1.54, 1.807) is 0 Å². The van der Waals surface area contributed by atoms with Crippen molar-refractivity contribution in [1.82, 2.24) is 5.32 Å². The zero-order chi connectivity index (χ0) is 15.4. The Labute approximate surface area is 121 Å². The highest BCUT2D eigenvalue weighted by Crippen LogP contribution is 2.35. The first-order valence-corrected chi connectivity index (χ1v) is 6.69. The van der Waals surface area contributed by atoms with Gasteiger partial charge in [0.2, 0.25) is 5.91 Å². The molecule has 8 heteroatoms. The number of carboxylic acid groups (broad SMARTS) is 2. The number of amides is 1. The van der Waals surface area contributed by atoms with Crippen LogP contribution in [0.4, 0.5) is 0 Å². The van der Waals surface area contributed by atoms with Crippen LogP contribution in [0.3, 0.4) is 0 Å². The summed E-state index contributed by atoms with van der Waals surface area (Å²) < 4.78 is 0. The van der Waals surface area contributed by atoms with Crippen LogP contribution in [-0.4, -0.2) is 45.1 Å². The number of aliphatic carboxylic acids is 2. The number of hydrogen-bond donors (Lipinski definition) is 4. The second-order valence-corrected chi connectivity index (χ2v) is 5.53. The van der Waals surface area contributed by atoms with Gasteiger partial charge in [-0.05, 0) is 12.8 Å². The molecule has 7 nitrogen and oxygen atoms in total. The number of Topliss-reactive ketones (excluding diaryl/α,β-unsaturated/α-hetero) is 1.